The topological polar surface area (TPSA) is 128 Å². The van der Waals surface area contributed by atoms with Crippen molar-refractivity contribution in [1.82, 2.24) is 10.6 Å². The summed E-state index contributed by atoms with van der Waals surface area (Å²) in [5.74, 6) is -1.67. The number of aromatic carboxylic acids is 1. The molecule has 2 aliphatic rings. The van der Waals surface area contributed by atoms with Crippen LogP contribution in [0.4, 0.5) is 10.5 Å². The second-order valence-electron chi connectivity index (χ2n) is 9.53. The summed E-state index contributed by atoms with van der Waals surface area (Å²) in [7, 11) is 0. The number of nitrogens with one attached hydrogen (secondary N) is 2. The van der Waals surface area contributed by atoms with E-state index in [1.165, 1.54) is 22.3 Å². The van der Waals surface area contributed by atoms with E-state index in [9.17, 15) is 24.3 Å². The van der Waals surface area contributed by atoms with Crippen molar-refractivity contribution >= 4 is 46.4 Å². The zero-order chi connectivity index (χ0) is 27.4. The number of carbonyl (C=O) groups excluding carboxylic acids is 3. The Morgan fingerprint density at radius 3 is 2.46 bits per heavy atom. The van der Waals surface area contributed by atoms with Crippen molar-refractivity contribution in [2.45, 2.75) is 38.4 Å². The number of carboxylic acids is 1. The van der Waals surface area contributed by atoms with Crippen LogP contribution in [0.3, 0.4) is 0 Å². The number of carbonyl (C=O) groups is 4. The summed E-state index contributed by atoms with van der Waals surface area (Å²) in [6.07, 6.45) is 2.34. The maximum absolute atomic E-state index is 13.9. The number of Topliss-reactive ketones (excluding diaryl/α,β-unsaturated/α-hetero) is 1. The van der Waals surface area contributed by atoms with Gasteiger partial charge in [-0.25, -0.2) is 14.6 Å². The van der Waals surface area contributed by atoms with E-state index in [4.69, 9.17) is 4.99 Å². The fraction of sp³-hybridized carbons (Fsp3) is 0.276. The Morgan fingerprint density at radius 1 is 1.00 bits per heavy atom. The molecule has 0 bridgehead atoms. The van der Waals surface area contributed by atoms with Crippen LogP contribution in [-0.4, -0.2) is 47.2 Å². The number of para-hydroxylation sites is 1. The molecule has 1 saturated carbocycles. The number of fused-ring (bicyclic) bond motifs is 1. The first-order valence-corrected chi connectivity index (χ1v) is 13.7. The van der Waals surface area contributed by atoms with E-state index in [0.29, 0.717) is 21.8 Å². The molecule has 3 aromatic rings. The summed E-state index contributed by atoms with van der Waals surface area (Å²) in [6, 6.07) is 17.5. The number of thiophene rings is 1. The monoisotopic (exact) mass is 544 g/mol. The average Bonchev–Trinajstić information content (AvgIpc) is 3.64. The lowest BCUT2D eigenvalue weighted by Crippen LogP contribution is -2.51. The van der Waals surface area contributed by atoms with Gasteiger partial charge in [0.25, 0.3) is 5.91 Å². The molecule has 9 nitrogen and oxygen atoms in total. The Morgan fingerprint density at radius 2 is 1.72 bits per heavy atom. The zero-order valence-electron chi connectivity index (χ0n) is 21.1. The standard InChI is InChI=1S/C29H28N4O5S/c34-23(18-8-4-5-9-18)17-33-22-13-7-6-12-20(22)25(19-10-2-1-3-11-19)31-26(27(33)35)32-29(38)30-16-24-21(28(36)37)14-15-39-24/h1-3,6-7,10-15,18,26H,4-5,8-9,16-17H2,(H,36,37)(H2,30,32,38). The summed E-state index contributed by atoms with van der Waals surface area (Å²) in [4.78, 5) is 58.1. The number of hydrogen-bond donors (Lipinski definition) is 3. The molecular formula is C29H28N4O5S. The van der Waals surface area contributed by atoms with Gasteiger partial charge in [-0.15, -0.1) is 11.3 Å². The number of nitrogens with zero attached hydrogens (tertiary/aromatic N) is 2. The van der Waals surface area contributed by atoms with Crippen LogP contribution >= 0.6 is 11.3 Å². The Labute approximate surface area is 229 Å². The normalized spacial score (nSPS) is 17.2. The van der Waals surface area contributed by atoms with Crippen LogP contribution < -0.4 is 15.5 Å². The molecule has 2 heterocycles. The number of amides is 3. The molecule has 3 N–H and O–H groups in total. The Balaban J connectivity index is 1.46. The highest BCUT2D eigenvalue weighted by Crippen LogP contribution is 2.31. The van der Waals surface area contributed by atoms with Crippen LogP contribution in [-0.2, 0) is 16.1 Å². The molecule has 200 valence electrons. The van der Waals surface area contributed by atoms with E-state index in [-0.39, 0.29) is 30.4 Å². The van der Waals surface area contributed by atoms with Crippen LogP contribution in [0.1, 0.15) is 52.0 Å². The molecule has 1 atom stereocenters. The number of carboxylic acid groups (broad SMARTS) is 1. The van der Waals surface area contributed by atoms with Gasteiger partial charge >= 0.3 is 12.0 Å². The number of benzene rings is 2. The van der Waals surface area contributed by atoms with Crippen molar-refractivity contribution in [2.24, 2.45) is 10.9 Å². The fourth-order valence-corrected chi connectivity index (χ4v) is 5.86. The smallest absolute Gasteiger partial charge is 0.336 e. The number of aliphatic imine (C=N–C) groups is 1. The van der Waals surface area contributed by atoms with Gasteiger partial charge in [0.05, 0.1) is 30.1 Å². The van der Waals surface area contributed by atoms with Gasteiger partial charge in [-0.2, -0.15) is 0 Å². The van der Waals surface area contributed by atoms with Crippen molar-refractivity contribution in [3.8, 4) is 0 Å². The van der Waals surface area contributed by atoms with Gasteiger partial charge in [0.1, 0.15) is 0 Å². The number of hydrogen-bond acceptors (Lipinski definition) is 6. The predicted octanol–water partition coefficient (Wildman–Crippen LogP) is 4.22. The van der Waals surface area contributed by atoms with Gasteiger partial charge < -0.3 is 20.6 Å². The lowest BCUT2D eigenvalue weighted by atomic mass is 9.99. The van der Waals surface area contributed by atoms with Crippen molar-refractivity contribution < 1.29 is 24.3 Å². The molecule has 0 spiro atoms. The molecule has 1 aromatic heterocycles. The molecule has 10 heteroatoms. The van der Waals surface area contributed by atoms with Crippen molar-refractivity contribution in [3.63, 3.8) is 0 Å². The fourth-order valence-electron chi connectivity index (χ4n) is 5.05. The zero-order valence-corrected chi connectivity index (χ0v) is 21.9. The van der Waals surface area contributed by atoms with Crippen LogP contribution in [0.5, 0.6) is 0 Å². The van der Waals surface area contributed by atoms with E-state index >= 15 is 0 Å². The summed E-state index contributed by atoms with van der Waals surface area (Å²) in [6.45, 7) is -0.125. The quantitative estimate of drug-likeness (QED) is 0.391. The molecule has 1 fully saturated rings. The molecule has 1 aliphatic carbocycles. The molecule has 0 saturated heterocycles. The third-order valence-corrected chi connectivity index (χ3v) is 7.95. The van der Waals surface area contributed by atoms with Gasteiger partial charge in [-0.05, 0) is 30.4 Å². The Kier molecular flexibility index (Phi) is 7.83. The van der Waals surface area contributed by atoms with Crippen LogP contribution in [0.25, 0.3) is 0 Å². The first-order valence-electron chi connectivity index (χ1n) is 12.8. The lowest BCUT2D eigenvalue weighted by Gasteiger charge is -2.26. The third-order valence-electron chi connectivity index (χ3n) is 7.03. The van der Waals surface area contributed by atoms with Crippen molar-refractivity contribution in [3.05, 3.63) is 87.6 Å². The van der Waals surface area contributed by atoms with E-state index in [0.717, 1.165) is 31.2 Å². The molecule has 1 unspecified atom stereocenters. The number of anilines is 1. The first-order chi connectivity index (χ1) is 18.9. The van der Waals surface area contributed by atoms with Gasteiger partial charge in [0.15, 0.2) is 5.78 Å². The maximum Gasteiger partial charge on any atom is 0.336 e. The Hall–Kier alpha value is -4.31. The number of benzodiazepines with no additional fused rings is 1. The van der Waals surface area contributed by atoms with E-state index in [2.05, 4.69) is 10.6 Å². The molecule has 39 heavy (non-hydrogen) atoms. The minimum absolute atomic E-state index is 0.000844. The van der Waals surface area contributed by atoms with Crippen LogP contribution in [0.2, 0.25) is 0 Å². The summed E-state index contributed by atoms with van der Waals surface area (Å²) in [5, 5.41) is 16.3. The number of urea groups is 1. The van der Waals surface area contributed by atoms with Gasteiger partial charge in [-0.3, -0.25) is 9.59 Å². The van der Waals surface area contributed by atoms with Crippen molar-refractivity contribution in [1.29, 1.82) is 0 Å². The molecule has 0 radical (unpaired) electrons. The maximum atomic E-state index is 13.9. The summed E-state index contributed by atoms with van der Waals surface area (Å²) < 4.78 is 0. The highest BCUT2D eigenvalue weighted by Gasteiger charge is 2.35. The first kappa shape index (κ1) is 26.3. The number of rotatable bonds is 8. The van der Waals surface area contributed by atoms with Crippen LogP contribution in [0.15, 0.2) is 71.0 Å². The minimum Gasteiger partial charge on any atom is -0.478 e. The minimum atomic E-state index is -1.30. The summed E-state index contributed by atoms with van der Waals surface area (Å²) >= 11 is 1.21. The van der Waals surface area contributed by atoms with E-state index in [1.807, 2.05) is 48.5 Å². The molecular weight excluding hydrogens is 516 g/mol. The SMILES string of the molecule is O=C(NCc1sccc1C(=O)O)NC1N=C(c2ccccc2)c2ccccc2N(CC(=O)C2CCCC2)C1=O. The molecule has 3 amide bonds. The Bertz CT molecular complexity index is 1430. The number of ketones is 1. The van der Waals surface area contributed by atoms with Gasteiger partial charge in [0, 0.05) is 21.9 Å². The van der Waals surface area contributed by atoms with E-state index in [1.54, 1.807) is 11.4 Å². The van der Waals surface area contributed by atoms with Gasteiger partial charge in [0.2, 0.25) is 6.17 Å². The molecule has 5 rings (SSSR count). The summed E-state index contributed by atoms with van der Waals surface area (Å²) in [5.41, 5.74) is 2.64. The second-order valence-corrected chi connectivity index (χ2v) is 10.5. The molecule has 2 aromatic carbocycles. The highest BCUT2D eigenvalue weighted by atomic mass is 32.1. The van der Waals surface area contributed by atoms with E-state index < -0.39 is 24.1 Å². The van der Waals surface area contributed by atoms with Crippen LogP contribution in [0, 0.1) is 5.92 Å². The predicted molar refractivity (Wildman–Crippen MR) is 148 cm³/mol. The average molecular weight is 545 g/mol. The van der Waals surface area contributed by atoms with Gasteiger partial charge in [-0.1, -0.05) is 61.4 Å². The molecule has 1 aliphatic heterocycles. The highest BCUT2D eigenvalue weighted by molar-refractivity contribution is 7.10. The second kappa shape index (κ2) is 11.6. The third kappa shape index (κ3) is 5.75. The lowest BCUT2D eigenvalue weighted by molar-refractivity contribution is -0.125. The van der Waals surface area contributed by atoms with Crippen molar-refractivity contribution in [2.75, 3.05) is 11.4 Å². The largest absolute Gasteiger partial charge is 0.478 e.